The number of ether oxygens (including phenoxy) is 2. The number of carbonyl (C=O) groups excluding carboxylic acids is 1. The highest BCUT2D eigenvalue weighted by molar-refractivity contribution is 5.88. The average Bonchev–Trinajstić information content (AvgIpc) is 2.37. The lowest BCUT2D eigenvalue weighted by Crippen LogP contribution is -2.46. The van der Waals surface area contributed by atoms with Crippen LogP contribution in [0.1, 0.15) is 24.2 Å². The number of methoxy groups -OCH3 is 1. The van der Waals surface area contributed by atoms with E-state index in [1.54, 1.807) is 0 Å². The molecule has 1 aromatic rings. The Morgan fingerprint density at radius 1 is 1.33 bits per heavy atom. The molecule has 0 radical (unpaired) electrons. The fourth-order valence-corrected chi connectivity index (χ4v) is 2.05. The van der Waals surface area contributed by atoms with Gasteiger partial charge in [0.25, 0.3) is 0 Å². The molecule has 1 fully saturated rings. The highest BCUT2D eigenvalue weighted by atomic mass is 16.5. The highest BCUT2D eigenvalue weighted by Gasteiger charge is 2.24. The molecule has 0 amide bonds. The first-order valence-corrected chi connectivity index (χ1v) is 5.91. The van der Waals surface area contributed by atoms with Gasteiger partial charge < -0.3 is 14.4 Å². The van der Waals surface area contributed by atoms with Gasteiger partial charge in [0.15, 0.2) is 0 Å². The van der Waals surface area contributed by atoms with Crippen molar-refractivity contribution in [2.45, 2.75) is 26.1 Å². The van der Waals surface area contributed by atoms with Crippen molar-refractivity contribution in [3.63, 3.8) is 0 Å². The summed E-state index contributed by atoms with van der Waals surface area (Å²) in [6.45, 7) is 5.54. The van der Waals surface area contributed by atoms with Crippen LogP contribution in [0.3, 0.4) is 0 Å². The largest absolute Gasteiger partial charge is 0.465 e. The Balaban J connectivity index is 2.11. The fourth-order valence-electron chi connectivity index (χ4n) is 2.05. The molecule has 18 heavy (non-hydrogen) atoms. The van der Waals surface area contributed by atoms with Crippen molar-refractivity contribution in [2.75, 3.05) is 25.1 Å². The van der Waals surface area contributed by atoms with Gasteiger partial charge in [-0.1, -0.05) is 0 Å². The molecule has 0 bridgehead atoms. The number of rotatable bonds is 2. The van der Waals surface area contributed by atoms with Crippen molar-refractivity contribution >= 4 is 11.9 Å². The van der Waals surface area contributed by atoms with Crippen LogP contribution in [0.4, 0.5) is 5.95 Å². The number of morpholine rings is 1. The van der Waals surface area contributed by atoms with Crippen LogP contribution in [0.2, 0.25) is 0 Å². The second-order valence-electron chi connectivity index (χ2n) is 4.43. The number of hydrogen-bond donors (Lipinski definition) is 0. The van der Waals surface area contributed by atoms with E-state index in [4.69, 9.17) is 4.74 Å². The fraction of sp³-hybridized carbons (Fsp3) is 0.583. The summed E-state index contributed by atoms with van der Waals surface area (Å²) in [5.41, 5.74) is 0.357. The Labute approximate surface area is 106 Å². The van der Waals surface area contributed by atoms with Crippen LogP contribution in [0.5, 0.6) is 0 Å². The van der Waals surface area contributed by atoms with Crippen LogP contribution in [-0.4, -0.2) is 48.3 Å². The molecular formula is C12H17N3O3. The van der Waals surface area contributed by atoms with Crippen LogP contribution < -0.4 is 4.90 Å². The molecule has 0 saturated carbocycles. The maximum absolute atomic E-state index is 11.3. The maximum atomic E-state index is 11.3. The van der Waals surface area contributed by atoms with Crippen molar-refractivity contribution in [2.24, 2.45) is 0 Å². The Hall–Kier alpha value is -1.69. The molecule has 1 unspecified atom stereocenters. The average molecular weight is 251 g/mol. The minimum atomic E-state index is -0.426. The Kier molecular flexibility index (Phi) is 3.76. The molecule has 6 nitrogen and oxygen atoms in total. The lowest BCUT2D eigenvalue weighted by molar-refractivity contribution is -0.00573. The van der Waals surface area contributed by atoms with Crippen LogP contribution in [0.25, 0.3) is 0 Å². The predicted octanol–water partition coefficient (Wildman–Crippen LogP) is 0.877. The normalized spacial score (nSPS) is 23.8. The predicted molar refractivity (Wildman–Crippen MR) is 65.6 cm³/mol. The van der Waals surface area contributed by atoms with Crippen LogP contribution >= 0.6 is 0 Å². The maximum Gasteiger partial charge on any atom is 0.341 e. The van der Waals surface area contributed by atoms with Crippen molar-refractivity contribution in [3.05, 3.63) is 18.0 Å². The molecule has 1 aliphatic heterocycles. The Morgan fingerprint density at radius 3 is 2.39 bits per heavy atom. The third kappa shape index (κ3) is 2.76. The molecule has 0 spiro atoms. The van der Waals surface area contributed by atoms with Gasteiger partial charge in [-0.15, -0.1) is 0 Å². The lowest BCUT2D eigenvalue weighted by Gasteiger charge is -2.35. The first-order valence-electron chi connectivity index (χ1n) is 5.91. The minimum Gasteiger partial charge on any atom is -0.465 e. The molecule has 2 rings (SSSR count). The van der Waals surface area contributed by atoms with Gasteiger partial charge in [-0.3, -0.25) is 0 Å². The van der Waals surface area contributed by atoms with Gasteiger partial charge in [0, 0.05) is 25.5 Å². The van der Waals surface area contributed by atoms with Gasteiger partial charge in [-0.2, -0.15) is 0 Å². The summed E-state index contributed by atoms with van der Waals surface area (Å²) in [5, 5.41) is 0. The van der Waals surface area contributed by atoms with E-state index in [-0.39, 0.29) is 12.2 Å². The van der Waals surface area contributed by atoms with Gasteiger partial charge in [-0.05, 0) is 13.8 Å². The van der Waals surface area contributed by atoms with Crippen molar-refractivity contribution in [1.82, 2.24) is 9.97 Å². The standard InChI is InChI=1S/C12H17N3O3/c1-8-6-15(7-9(2)18-8)12-13-4-10(5-14-12)11(16)17-3/h4-5,8-9H,6-7H2,1-3H3/t8-,9?/m0/s1. The molecule has 0 aliphatic carbocycles. The third-order valence-corrected chi connectivity index (χ3v) is 2.76. The number of nitrogens with zero attached hydrogens (tertiary/aromatic N) is 3. The summed E-state index contributed by atoms with van der Waals surface area (Å²) in [6, 6.07) is 0. The Bertz CT molecular complexity index is 411. The third-order valence-electron chi connectivity index (χ3n) is 2.76. The van der Waals surface area contributed by atoms with Gasteiger partial charge in [0.05, 0.1) is 24.9 Å². The second-order valence-corrected chi connectivity index (χ2v) is 4.43. The number of carbonyl (C=O) groups is 1. The summed E-state index contributed by atoms with van der Waals surface area (Å²) in [5.74, 6) is 0.190. The van der Waals surface area contributed by atoms with Crippen molar-refractivity contribution in [3.8, 4) is 0 Å². The molecule has 1 aliphatic rings. The van der Waals surface area contributed by atoms with Gasteiger partial charge in [0.2, 0.25) is 5.95 Å². The summed E-state index contributed by atoms with van der Waals surface area (Å²) in [6.07, 6.45) is 3.27. The van der Waals surface area contributed by atoms with Gasteiger partial charge in [-0.25, -0.2) is 14.8 Å². The zero-order chi connectivity index (χ0) is 13.1. The van der Waals surface area contributed by atoms with Gasteiger partial charge in [0.1, 0.15) is 0 Å². The van der Waals surface area contributed by atoms with E-state index in [1.165, 1.54) is 19.5 Å². The smallest absolute Gasteiger partial charge is 0.341 e. The molecule has 0 N–H and O–H groups in total. The lowest BCUT2D eigenvalue weighted by atomic mass is 10.2. The van der Waals surface area contributed by atoms with E-state index < -0.39 is 5.97 Å². The summed E-state index contributed by atoms with van der Waals surface area (Å²) >= 11 is 0. The van der Waals surface area contributed by atoms with E-state index in [0.717, 1.165) is 13.1 Å². The topological polar surface area (TPSA) is 64.5 Å². The second kappa shape index (κ2) is 5.30. The number of anilines is 1. The number of hydrogen-bond acceptors (Lipinski definition) is 6. The SMILES string of the molecule is COC(=O)c1cnc(N2CC(C)O[C@@H](C)C2)nc1. The zero-order valence-electron chi connectivity index (χ0n) is 10.8. The van der Waals surface area contributed by atoms with Crippen LogP contribution in [0.15, 0.2) is 12.4 Å². The molecule has 2 heterocycles. The van der Waals surface area contributed by atoms with Crippen LogP contribution in [0, 0.1) is 0 Å². The summed E-state index contributed by atoms with van der Waals surface area (Å²) < 4.78 is 10.2. The zero-order valence-corrected chi connectivity index (χ0v) is 10.8. The minimum absolute atomic E-state index is 0.151. The van der Waals surface area contributed by atoms with Crippen molar-refractivity contribution < 1.29 is 14.3 Å². The molecule has 0 aromatic carbocycles. The quantitative estimate of drug-likeness (QED) is 0.727. The first-order chi connectivity index (χ1) is 8.60. The number of aromatic nitrogens is 2. The molecule has 6 heteroatoms. The van der Waals surface area contributed by atoms with E-state index in [1.807, 2.05) is 13.8 Å². The summed E-state index contributed by atoms with van der Waals surface area (Å²) in [4.78, 5) is 21.7. The summed E-state index contributed by atoms with van der Waals surface area (Å²) in [7, 11) is 1.33. The first kappa shape index (κ1) is 12.8. The Morgan fingerprint density at radius 2 is 1.89 bits per heavy atom. The molecule has 2 atom stereocenters. The molecule has 1 aromatic heterocycles. The van der Waals surface area contributed by atoms with E-state index in [9.17, 15) is 4.79 Å². The van der Waals surface area contributed by atoms with Crippen LogP contribution in [-0.2, 0) is 9.47 Å². The van der Waals surface area contributed by atoms with E-state index in [0.29, 0.717) is 11.5 Å². The van der Waals surface area contributed by atoms with Crippen molar-refractivity contribution in [1.29, 1.82) is 0 Å². The molecule has 98 valence electrons. The monoisotopic (exact) mass is 251 g/mol. The molecule has 1 saturated heterocycles. The highest BCUT2D eigenvalue weighted by Crippen LogP contribution is 2.16. The molecular weight excluding hydrogens is 234 g/mol. The number of esters is 1. The van der Waals surface area contributed by atoms with E-state index >= 15 is 0 Å². The van der Waals surface area contributed by atoms with E-state index in [2.05, 4.69) is 19.6 Å². The van der Waals surface area contributed by atoms with Gasteiger partial charge >= 0.3 is 5.97 Å².